The van der Waals surface area contributed by atoms with Crippen molar-refractivity contribution in [3.05, 3.63) is 0 Å². The minimum atomic E-state index is -4.95. The van der Waals surface area contributed by atoms with Crippen LogP contribution in [-0.4, -0.2) is 96.7 Å². The molecule has 0 aliphatic carbocycles. The van der Waals surface area contributed by atoms with Crippen LogP contribution in [0, 0.1) is 23.7 Å². The van der Waals surface area contributed by atoms with E-state index in [1.165, 1.54) is 135 Å². The van der Waals surface area contributed by atoms with Crippen LogP contribution >= 0.6 is 15.6 Å². The third kappa shape index (κ3) is 61.3. The van der Waals surface area contributed by atoms with E-state index in [9.17, 15) is 43.2 Å². The van der Waals surface area contributed by atoms with E-state index in [2.05, 4.69) is 55.4 Å². The first-order chi connectivity index (χ1) is 41.6. The quantitative estimate of drug-likeness (QED) is 0.0222. The lowest BCUT2D eigenvalue weighted by molar-refractivity contribution is -0.161. The number of rotatable bonds is 65. The van der Waals surface area contributed by atoms with Crippen molar-refractivity contribution in [2.75, 3.05) is 39.6 Å². The average molecular weight is 1280 g/mol. The molecule has 0 fully saturated rings. The Bertz CT molecular complexity index is 1730. The molecule has 4 unspecified atom stereocenters. The fraction of sp³-hybridized carbons (Fsp3) is 0.941. The third-order valence-electron chi connectivity index (χ3n) is 15.9. The first-order valence-corrected chi connectivity index (χ1v) is 38.2. The van der Waals surface area contributed by atoms with E-state index in [4.69, 9.17) is 37.0 Å². The van der Waals surface area contributed by atoms with Gasteiger partial charge in [0.15, 0.2) is 12.2 Å². The molecule has 17 nitrogen and oxygen atoms in total. The molecule has 0 aromatic rings. The van der Waals surface area contributed by atoms with Gasteiger partial charge in [0.2, 0.25) is 0 Å². The Morgan fingerprint density at radius 1 is 0.322 bits per heavy atom. The largest absolute Gasteiger partial charge is 0.472 e. The summed E-state index contributed by atoms with van der Waals surface area (Å²) >= 11 is 0. The first-order valence-electron chi connectivity index (χ1n) is 35.2. The molecular formula is C68H132O17P2. The number of carbonyl (C=O) groups excluding carboxylic acids is 4. The van der Waals surface area contributed by atoms with Gasteiger partial charge in [-0.3, -0.25) is 37.3 Å². The molecule has 19 heteroatoms. The third-order valence-corrected chi connectivity index (χ3v) is 17.8. The van der Waals surface area contributed by atoms with Gasteiger partial charge in [0.25, 0.3) is 0 Å². The number of carbonyl (C=O) groups is 4. The van der Waals surface area contributed by atoms with Crippen LogP contribution in [0.3, 0.4) is 0 Å². The standard InChI is InChI=1S/C68H132O17P2/c1-9-61(8)47-39-31-22-17-19-25-34-42-50-67(72)84-63(54-78-65(70)48-40-32-23-15-13-11-10-12-14-20-28-36-44-58(2)3)56-82-86(74,75)80-52-62(69)53-81-87(76,77)83-57-64(85-68(73)51-43-35-27-26-30-38-46-60(6)7)55-79-66(71)49-41-33-24-18-16-21-29-37-45-59(4)5/h58-64,69H,9-57H2,1-8H3,(H,74,75)(H,76,77)/t61?,62?,63-,64-/m1/s1. The van der Waals surface area contributed by atoms with Crippen LogP contribution in [0.2, 0.25) is 0 Å². The lowest BCUT2D eigenvalue weighted by atomic mass is 9.99. The zero-order chi connectivity index (χ0) is 64.7. The Kier molecular flexibility index (Phi) is 56.6. The van der Waals surface area contributed by atoms with Gasteiger partial charge in [-0.2, -0.15) is 0 Å². The van der Waals surface area contributed by atoms with E-state index in [-0.39, 0.29) is 25.7 Å². The Hall–Kier alpha value is -1.94. The number of aliphatic hydroxyl groups excluding tert-OH is 1. The van der Waals surface area contributed by atoms with Crippen LogP contribution in [-0.2, 0) is 65.4 Å². The van der Waals surface area contributed by atoms with Crippen molar-refractivity contribution in [2.45, 2.75) is 350 Å². The predicted octanol–water partition coefficient (Wildman–Crippen LogP) is 18.9. The van der Waals surface area contributed by atoms with Gasteiger partial charge in [-0.15, -0.1) is 0 Å². The van der Waals surface area contributed by atoms with Crippen molar-refractivity contribution in [3.63, 3.8) is 0 Å². The number of hydrogen-bond donors (Lipinski definition) is 3. The molecule has 0 aliphatic rings. The van der Waals surface area contributed by atoms with Gasteiger partial charge < -0.3 is 33.8 Å². The molecule has 87 heavy (non-hydrogen) atoms. The van der Waals surface area contributed by atoms with Crippen molar-refractivity contribution in [1.82, 2.24) is 0 Å². The molecule has 0 aliphatic heterocycles. The maximum atomic E-state index is 13.0. The highest BCUT2D eigenvalue weighted by atomic mass is 31.2. The summed E-state index contributed by atoms with van der Waals surface area (Å²) in [5, 5.41) is 10.6. The second kappa shape index (κ2) is 57.9. The zero-order valence-corrected chi connectivity index (χ0v) is 58.4. The van der Waals surface area contributed by atoms with Crippen LogP contribution in [0.25, 0.3) is 0 Å². The van der Waals surface area contributed by atoms with Gasteiger partial charge in [-0.1, -0.05) is 280 Å². The first kappa shape index (κ1) is 85.1. The molecule has 0 heterocycles. The van der Waals surface area contributed by atoms with E-state index >= 15 is 0 Å². The highest BCUT2D eigenvalue weighted by Gasteiger charge is 2.30. The van der Waals surface area contributed by atoms with Crippen molar-refractivity contribution >= 4 is 39.5 Å². The lowest BCUT2D eigenvalue weighted by Crippen LogP contribution is -2.30. The molecule has 3 N–H and O–H groups in total. The summed E-state index contributed by atoms with van der Waals surface area (Å²) < 4.78 is 68.1. The summed E-state index contributed by atoms with van der Waals surface area (Å²) in [5.74, 6) is 0.809. The van der Waals surface area contributed by atoms with Gasteiger partial charge in [-0.25, -0.2) is 9.13 Å². The minimum Gasteiger partial charge on any atom is -0.462 e. The Morgan fingerprint density at radius 3 is 0.816 bits per heavy atom. The number of hydrogen-bond acceptors (Lipinski definition) is 15. The molecule has 0 saturated carbocycles. The van der Waals surface area contributed by atoms with Crippen molar-refractivity contribution in [3.8, 4) is 0 Å². The molecule has 6 atom stereocenters. The van der Waals surface area contributed by atoms with Crippen molar-refractivity contribution in [2.24, 2.45) is 23.7 Å². The predicted molar refractivity (Wildman–Crippen MR) is 349 cm³/mol. The van der Waals surface area contributed by atoms with Crippen LogP contribution in [0.4, 0.5) is 0 Å². The minimum absolute atomic E-state index is 0.101. The van der Waals surface area contributed by atoms with E-state index < -0.39 is 97.5 Å². The number of phosphoric ester groups is 2. The molecule has 0 spiro atoms. The second-order valence-electron chi connectivity index (χ2n) is 26.2. The van der Waals surface area contributed by atoms with Crippen molar-refractivity contribution < 1.29 is 80.2 Å². The smallest absolute Gasteiger partial charge is 0.462 e. The number of phosphoric acid groups is 2. The van der Waals surface area contributed by atoms with Gasteiger partial charge in [0, 0.05) is 25.7 Å². The van der Waals surface area contributed by atoms with E-state index in [1.54, 1.807) is 0 Å². The number of aliphatic hydroxyl groups is 1. The molecule has 0 bridgehead atoms. The fourth-order valence-corrected chi connectivity index (χ4v) is 11.7. The monoisotopic (exact) mass is 1280 g/mol. The highest BCUT2D eigenvalue weighted by molar-refractivity contribution is 7.47. The van der Waals surface area contributed by atoms with E-state index in [0.29, 0.717) is 31.6 Å². The van der Waals surface area contributed by atoms with Gasteiger partial charge in [0.05, 0.1) is 26.4 Å². The lowest BCUT2D eigenvalue weighted by Gasteiger charge is -2.21. The number of ether oxygens (including phenoxy) is 4. The summed E-state index contributed by atoms with van der Waals surface area (Å²) in [6.45, 7) is 14.0. The zero-order valence-electron chi connectivity index (χ0n) is 56.6. The van der Waals surface area contributed by atoms with Gasteiger partial charge >= 0.3 is 39.5 Å². The molecule has 0 aromatic carbocycles. The maximum absolute atomic E-state index is 13.0. The second-order valence-corrected chi connectivity index (χ2v) is 29.1. The normalized spacial score (nSPS) is 14.6. The summed E-state index contributed by atoms with van der Waals surface area (Å²) in [7, 11) is -9.90. The number of esters is 4. The molecule has 516 valence electrons. The fourth-order valence-electron chi connectivity index (χ4n) is 10.1. The van der Waals surface area contributed by atoms with Crippen LogP contribution in [0.1, 0.15) is 331 Å². The molecule has 0 amide bonds. The highest BCUT2D eigenvalue weighted by Crippen LogP contribution is 2.45. The number of unbranched alkanes of at least 4 members (excludes halogenated alkanes) is 30. The summed E-state index contributed by atoms with van der Waals surface area (Å²) in [6.07, 6.45) is 39.1. The summed E-state index contributed by atoms with van der Waals surface area (Å²) in [5.41, 5.74) is 0. The topological polar surface area (TPSA) is 237 Å². The van der Waals surface area contributed by atoms with E-state index in [1.807, 2.05) is 0 Å². The molecule has 0 rings (SSSR count). The van der Waals surface area contributed by atoms with Crippen LogP contribution in [0.5, 0.6) is 0 Å². The van der Waals surface area contributed by atoms with Gasteiger partial charge in [0.1, 0.15) is 19.3 Å². The summed E-state index contributed by atoms with van der Waals surface area (Å²) in [6, 6.07) is 0. The maximum Gasteiger partial charge on any atom is 0.472 e. The van der Waals surface area contributed by atoms with E-state index in [0.717, 1.165) is 108 Å². The van der Waals surface area contributed by atoms with Crippen LogP contribution in [0.15, 0.2) is 0 Å². The molecular weight excluding hydrogens is 1150 g/mol. The summed E-state index contributed by atoms with van der Waals surface area (Å²) in [4.78, 5) is 72.4. The Morgan fingerprint density at radius 2 is 0.552 bits per heavy atom. The molecule has 0 saturated heterocycles. The molecule has 0 aromatic heterocycles. The van der Waals surface area contributed by atoms with Gasteiger partial charge in [-0.05, 0) is 49.4 Å². The van der Waals surface area contributed by atoms with Crippen molar-refractivity contribution in [1.29, 1.82) is 0 Å². The Labute approximate surface area is 530 Å². The molecule has 0 radical (unpaired) electrons. The van der Waals surface area contributed by atoms with Crippen LogP contribution < -0.4 is 0 Å². The Balaban J connectivity index is 5.23. The average Bonchev–Trinajstić information content (AvgIpc) is 3.68. The SMILES string of the molecule is CCC(C)CCCCCCCCCCC(=O)O[C@H](COC(=O)CCCCCCCCCCCCCCC(C)C)COP(=O)(O)OCC(O)COP(=O)(O)OC[C@@H](COC(=O)CCCCCCCCCCC(C)C)OC(=O)CCCCCCCCC(C)C.